The van der Waals surface area contributed by atoms with Crippen molar-refractivity contribution < 1.29 is 24.7 Å². The first-order chi connectivity index (χ1) is 11.3. The first-order valence-electron chi connectivity index (χ1n) is 8.34. The van der Waals surface area contributed by atoms with E-state index in [1.165, 1.54) is 0 Å². The average molecular weight is 361 g/mol. The molecular formula is C15H28N3O5P. The second-order valence-electron chi connectivity index (χ2n) is 6.94. The normalized spacial score (nSPS) is 29.4. The molecule has 0 radical (unpaired) electrons. The zero-order valence-corrected chi connectivity index (χ0v) is 15.3. The van der Waals surface area contributed by atoms with E-state index in [-0.39, 0.29) is 18.7 Å². The highest BCUT2D eigenvalue weighted by atomic mass is 31.2. The van der Waals surface area contributed by atoms with Gasteiger partial charge >= 0.3 is 0 Å². The minimum atomic E-state index is -1.99. The topological polar surface area (TPSA) is 121 Å². The van der Waals surface area contributed by atoms with Crippen LogP contribution in [0.2, 0.25) is 0 Å². The molecule has 2 heterocycles. The van der Waals surface area contributed by atoms with Gasteiger partial charge in [-0.3, -0.25) is 4.68 Å². The molecule has 2 rings (SSSR count). The van der Waals surface area contributed by atoms with E-state index in [0.29, 0.717) is 24.0 Å². The number of aliphatic hydroxyl groups excluding tert-OH is 2. The third kappa shape index (κ3) is 5.18. The van der Waals surface area contributed by atoms with Gasteiger partial charge in [-0.15, -0.1) is 5.10 Å². The van der Waals surface area contributed by atoms with Gasteiger partial charge in [0.25, 0.3) is 0 Å². The summed E-state index contributed by atoms with van der Waals surface area (Å²) in [5.41, 5.74) is 0.484. The first kappa shape index (κ1) is 19.7. The Balaban J connectivity index is 2.04. The number of aliphatic hydroxyl groups is 2. The molecule has 0 amide bonds. The molecular weight excluding hydrogens is 333 g/mol. The largest absolute Gasteiger partial charge is 0.390 e. The zero-order valence-electron chi connectivity index (χ0n) is 14.4. The standard InChI is InChI=1S/C15H28N3O5P/c1-9(2)10(3)7-18-8-12(16-17-18)15-14(20)13(19)6-11(23-15)4-5-24(21)22/h8-11,13-15,19-22H,4-7H2,1-3H3. The predicted octanol–water partition coefficient (Wildman–Crippen LogP) is 0.809. The van der Waals surface area contributed by atoms with Gasteiger partial charge in [-0.05, 0) is 18.3 Å². The van der Waals surface area contributed by atoms with Gasteiger partial charge in [-0.25, -0.2) is 0 Å². The van der Waals surface area contributed by atoms with Crippen LogP contribution in [-0.2, 0) is 11.3 Å². The van der Waals surface area contributed by atoms with Gasteiger partial charge in [0, 0.05) is 19.1 Å². The van der Waals surface area contributed by atoms with Gasteiger partial charge in [0.2, 0.25) is 0 Å². The maximum absolute atomic E-state index is 10.2. The molecule has 0 aromatic carbocycles. The molecule has 0 saturated carbocycles. The summed E-state index contributed by atoms with van der Waals surface area (Å²) in [5.74, 6) is 0.954. The van der Waals surface area contributed by atoms with Crippen LogP contribution in [0.4, 0.5) is 0 Å². The Bertz CT molecular complexity index is 513. The Kier molecular flexibility index (Phi) is 7.10. The number of ether oxygens (including phenoxy) is 1. The second kappa shape index (κ2) is 8.65. The molecule has 1 aliphatic heterocycles. The Morgan fingerprint density at radius 3 is 2.67 bits per heavy atom. The van der Waals surface area contributed by atoms with Crippen LogP contribution in [-0.4, -0.2) is 59.5 Å². The fourth-order valence-electron chi connectivity index (χ4n) is 2.68. The maximum atomic E-state index is 10.2. The number of aromatic nitrogens is 3. The van der Waals surface area contributed by atoms with Gasteiger partial charge < -0.3 is 24.7 Å². The predicted molar refractivity (Wildman–Crippen MR) is 89.1 cm³/mol. The summed E-state index contributed by atoms with van der Waals surface area (Å²) >= 11 is 0. The summed E-state index contributed by atoms with van der Waals surface area (Å²) in [5, 5.41) is 28.5. The number of nitrogens with zero attached hydrogens (tertiary/aromatic N) is 3. The van der Waals surface area contributed by atoms with E-state index in [0.717, 1.165) is 6.54 Å². The number of hydrogen-bond acceptors (Lipinski definition) is 7. The molecule has 1 aromatic rings. The lowest BCUT2D eigenvalue weighted by Gasteiger charge is -2.36. The van der Waals surface area contributed by atoms with Crippen LogP contribution in [0.3, 0.4) is 0 Å². The highest BCUT2D eigenvalue weighted by Gasteiger charge is 2.39. The van der Waals surface area contributed by atoms with Crippen molar-refractivity contribution in [1.29, 1.82) is 0 Å². The minimum Gasteiger partial charge on any atom is -0.390 e. The Morgan fingerprint density at radius 1 is 1.33 bits per heavy atom. The van der Waals surface area contributed by atoms with Crippen molar-refractivity contribution in [3.63, 3.8) is 0 Å². The van der Waals surface area contributed by atoms with Crippen LogP contribution in [0.1, 0.15) is 45.4 Å². The molecule has 5 atom stereocenters. The van der Waals surface area contributed by atoms with E-state index in [1.807, 2.05) is 0 Å². The molecule has 138 valence electrons. The fourth-order valence-corrected chi connectivity index (χ4v) is 3.20. The molecule has 8 nitrogen and oxygen atoms in total. The summed E-state index contributed by atoms with van der Waals surface area (Å²) < 4.78 is 7.56. The summed E-state index contributed by atoms with van der Waals surface area (Å²) in [6.07, 6.45) is -0.476. The highest BCUT2D eigenvalue weighted by Crippen LogP contribution is 2.34. The summed E-state index contributed by atoms with van der Waals surface area (Å²) in [6, 6.07) is 0. The molecule has 5 unspecified atom stereocenters. The van der Waals surface area contributed by atoms with Gasteiger partial charge in [-0.2, -0.15) is 0 Å². The van der Waals surface area contributed by atoms with E-state index < -0.39 is 26.7 Å². The summed E-state index contributed by atoms with van der Waals surface area (Å²) in [4.78, 5) is 18.1. The smallest absolute Gasteiger partial charge is 0.165 e. The van der Waals surface area contributed by atoms with Crippen molar-refractivity contribution in [1.82, 2.24) is 15.0 Å². The van der Waals surface area contributed by atoms with E-state index >= 15 is 0 Å². The van der Waals surface area contributed by atoms with Crippen molar-refractivity contribution in [2.75, 3.05) is 6.16 Å². The Hall–Kier alpha value is -0.630. The third-order valence-corrected chi connectivity index (χ3v) is 5.32. The minimum absolute atomic E-state index is 0.216. The van der Waals surface area contributed by atoms with Crippen LogP contribution in [0.5, 0.6) is 0 Å². The van der Waals surface area contributed by atoms with E-state index in [4.69, 9.17) is 14.5 Å². The van der Waals surface area contributed by atoms with E-state index in [1.54, 1.807) is 10.9 Å². The molecule has 1 aromatic heterocycles. The van der Waals surface area contributed by atoms with E-state index in [9.17, 15) is 10.2 Å². The van der Waals surface area contributed by atoms with Gasteiger partial charge in [0.1, 0.15) is 17.9 Å². The molecule has 0 bridgehead atoms. The maximum Gasteiger partial charge on any atom is 0.165 e. The second-order valence-corrected chi connectivity index (χ2v) is 8.14. The Morgan fingerprint density at radius 2 is 2.04 bits per heavy atom. The molecule has 24 heavy (non-hydrogen) atoms. The molecule has 4 N–H and O–H groups in total. The lowest BCUT2D eigenvalue weighted by atomic mass is 9.95. The number of hydrogen-bond donors (Lipinski definition) is 4. The molecule has 9 heteroatoms. The highest BCUT2D eigenvalue weighted by molar-refractivity contribution is 7.45. The van der Waals surface area contributed by atoms with E-state index in [2.05, 4.69) is 31.1 Å². The molecule has 1 aliphatic rings. The van der Waals surface area contributed by atoms with Gasteiger partial charge in [0.05, 0.1) is 18.4 Å². The summed E-state index contributed by atoms with van der Waals surface area (Å²) in [7, 11) is -1.99. The molecule has 1 fully saturated rings. The monoisotopic (exact) mass is 361 g/mol. The zero-order chi connectivity index (χ0) is 17.9. The van der Waals surface area contributed by atoms with Gasteiger partial charge in [-0.1, -0.05) is 26.0 Å². The molecule has 0 aliphatic carbocycles. The molecule has 1 saturated heterocycles. The fraction of sp³-hybridized carbons (Fsp3) is 0.867. The van der Waals surface area contributed by atoms with Crippen molar-refractivity contribution in [2.24, 2.45) is 11.8 Å². The Labute approximate surface area is 143 Å². The summed E-state index contributed by atoms with van der Waals surface area (Å²) in [6.45, 7) is 7.15. The first-order valence-corrected chi connectivity index (χ1v) is 9.78. The van der Waals surface area contributed by atoms with Crippen molar-refractivity contribution >= 4 is 8.38 Å². The van der Waals surface area contributed by atoms with Crippen LogP contribution in [0.15, 0.2) is 6.20 Å². The lowest BCUT2D eigenvalue weighted by molar-refractivity contribution is -0.172. The van der Waals surface area contributed by atoms with Crippen LogP contribution in [0.25, 0.3) is 0 Å². The lowest BCUT2D eigenvalue weighted by Crippen LogP contribution is -2.43. The van der Waals surface area contributed by atoms with Gasteiger partial charge in [0.15, 0.2) is 8.38 Å². The average Bonchev–Trinajstić information content (AvgIpc) is 2.96. The molecule has 0 spiro atoms. The quantitative estimate of drug-likeness (QED) is 0.530. The van der Waals surface area contributed by atoms with Crippen molar-refractivity contribution in [3.05, 3.63) is 11.9 Å². The van der Waals surface area contributed by atoms with Crippen LogP contribution < -0.4 is 0 Å². The number of rotatable bonds is 7. The van der Waals surface area contributed by atoms with Crippen LogP contribution in [0, 0.1) is 11.8 Å². The third-order valence-electron chi connectivity index (χ3n) is 4.66. The van der Waals surface area contributed by atoms with Crippen molar-refractivity contribution in [2.45, 2.75) is 64.6 Å². The van der Waals surface area contributed by atoms with Crippen molar-refractivity contribution in [3.8, 4) is 0 Å². The van der Waals surface area contributed by atoms with Crippen LogP contribution >= 0.6 is 8.38 Å². The SMILES string of the molecule is CC(C)C(C)Cn1cc(C2OC(CCP(O)O)CC(O)C2O)nn1.